The van der Waals surface area contributed by atoms with Gasteiger partial charge in [-0.1, -0.05) is 0 Å². The van der Waals surface area contributed by atoms with E-state index in [1.165, 1.54) is 24.2 Å². The summed E-state index contributed by atoms with van der Waals surface area (Å²) in [7, 11) is 0. The predicted octanol–water partition coefficient (Wildman–Crippen LogP) is 4.52. The summed E-state index contributed by atoms with van der Waals surface area (Å²) in [5.41, 5.74) is 0.712. The van der Waals surface area contributed by atoms with Crippen LogP contribution in [0.3, 0.4) is 0 Å². The van der Waals surface area contributed by atoms with Gasteiger partial charge in [0.05, 0.1) is 20.5 Å². The highest BCUT2D eigenvalue weighted by Gasteiger charge is 2.15. The van der Waals surface area contributed by atoms with Gasteiger partial charge in [-0.15, -0.1) is 11.3 Å². The number of pyridine rings is 1. The molecule has 0 spiro atoms. The third kappa shape index (κ3) is 3.46. The summed E-state index contributed by atoms with van der Waals surface area (Å²) < 4.78 is 1.80. The molecular formula is C14H13Br2N3OS. The smallest absolute Gasteiger partial charge is 0.265 e. The van der Waals surface area contributed by atoms with E-state index in [0.29, 0.717) is 10.6 Å². The highest BCUT2D eigenvalue weighted by atomic mass is 79.9. The quantitative estimate of drug-likeness (QED) is 0.778. The molecule has 7 heteroatoms. The van der Waals surface area contributed by atoms with Crippen molar-refractivity contribution in [2.75, 3.05) is 23.3 Å². The molecule has 1 amide bonds. The van der Waals surface area contributed by atoms with Crippen LogP contribution in [0.25, 0.3) is 0 Å². The molecule has 0 atom stereocenters. The van der Waals surface area contributed by atoms with Crippen molar-refractivity contribution in [1.29, 1.82) is 0 Å². The molecule has 1 saturated heterocycles. The summed E-state index contributed by atoms with van der Waals surface area (Å²) >= 11 is 8.17. The zero-order valence-corrected chi connectivity index (χ0v) is 15.1. The van der Waals surface area contributed by atoms with E-state index in [1.807, 2.05) is 12.1 Å². The number of hydrogen-bond acceptors (Lipinski definition) is 4. The Bertz CT molecular complexity index is 631. The Morgan fingerprint density at radius 3 is 2.62 bits per heavy atom. The van der Waals surface area contributed by atoms with Gasteiger partial charge in [-0.25, -0.2) is 4.98 Å². The van der Waals surface area contributed by atoms with Crippen LogP contribution in [0.1, 0.15) is 22.5 Å². The van der Waals surface area contributed by atoms with Crippen molar-refractivity contribution in [2.45, 2.75) is 12.8 Å². The number of nitrogens with zero attached hydrogens (tertiary/aromatic N) is 2. The zero-order chi connectivity index (χ0) is 14.8. The molecule has 1 aliphatic heterocycles. The van der Waals surface area contributed by atoms with E-state index in [4.69, 9.17) is 0 Å². The normalized spacial score (nSPS) is 14.5. The van der Waals surface area contributed by atoms with E-state index in [-0.39, 0.29) is 5.91 Å². The Hall–Kier alpha value is -0.920. The SMILES string of the molecule is O=C(Nc1ccc(N2CCCC2)nc1)c1cc(Br)c(Br)s1. The van der Waals surface area contributed by atoms with Crippen molar-refractivity contribution >= 4 is 60.6 Å². The van der Waals surface area contributed by atoms with Crippen molar-refractivity contribution in [1.82, 2.24) is 4.98 Å². The van der Waals surface area contributed by atoms with Gasteiger partial charge in [0.1, 0.15) is 5.82 Å². The Morgan fingerprint density at radius 1 is 1.29 bits per heavy atom. The van der Waals surface area contributed by atoms with E-state index in [2.05, 4.69) is 47.1 Å². The standard InChI is InChI=1S/C14H13Br2N3OS/c15-10-7-11(21-13(10)16)14(20)18-9-3-4-12(17-8-9)19-5-1-2-6-19/h3-4,7-8H,1-2,5-6H2,(H,18,20). The fourth-order valence-corrected chi connectivity index (χ4v) is 4.18. The van der Waals surface area contributed by atoms with Gasteiger partial charge < -0.3 is 10.2 Å². The topological polar surface area (TPSA) is 45.2 Å². The largest absolute Gasteiger partial charge is 0.357 e. The number of carbonyl (C=O) groups excluding carboxylic acids is 1. The molecule has 3 rings (SSSR count). The van der Waals surface area contributed by atoms with Gasteiger partial charge >= 0.3 is 0 Å². The lowest BCUT2D eigenvalue weighted by atomic mass is 10.3. The third-order valence-corrected chi connectivity index (χ3v) is 6.56. The first kappa shape index (κ1) is 15.0. The molecule has 0 saturated carbocycles. The van der Waals surface area contributed by atoms with Crippen LogP contribution in [0.5, 0.6) is 0 Å². The highest BCUT2D eigenvalue weighted by Crippen LogP contribution is 2.32. The Labute approximate surface area is 143 Å². The molecule has 1 aliphatic rings. The number of aromatic nitrogens is 1. The number of hydrogen-bond donors (Lipinski definition) is 1. The number of nitrogens with one attached hydrogen (secondary N) is 1. The molecule has 0 aromatic carbocycles. The molecule has 0 radical (unpaired) electrons. The summed E-state index contributed by atoms with van der Waals surface area (Å²) in [5, 5.41) is 2.87. The Morgan fingerprint density at radius 2 is 2.05 bits per heavy atom. The van der Waals surface area contributed by atoms with Crippen molar-refractivity contribution < 1.29 is 4.79 Å². The molecule has 0 unspecified atom stereocenters. The number of rotatable bonds is 3. The second-order valence-corrected chi connectivity index (χ2v) is 8.01. The lowest BCUT2D eigenvalue weighted by Crippen LogP contribution is -2.19. The van der Waals surface area contributed by atoms with E-state index < -0.39 is 0 Å². The van der Waals surface area contributed by atoms with Gasteiger partial charge in [0.25, 0.3) is 5.91 Å². The minimum absolute atomic E-state index is 0.123. The summed E-state index contributed by atoms with van der Waals surface area (Å²) in [6.45, 7) is 2.13. The lowest BCUT2D eigenvalue weighted by molar-refractivity contribution is 0.103. The second-order valence-electron chi connectivity index (χ2n) is 4.79. The second kappa shape index (κ2) is 6.46. The number of carbonyl (C=O) groups is 1. The van der Waals surface area contributed by atoms with Crippen molar-refractivity contribution in [3.8, 4) is 0 Å². The molecule has 0 bridgehead atoms. The van der Waals surface area contributed by atoms with E-state index >= 15 is 0 Å². The van der Waals surface area contributed by atoms with E-state index in [0.717, 1.165) is 27.2 Å². The van der Waals surface area contributed by atoms with Gasteiger partial charge in [-0.3, -0.25) is 4.79 Å². The van der Waals surface area contributed by atoms with Crippen LogP contribution in [-0.4, -0.2) is 24.0 Å². The maximum absolute atomic E-state index is 12.1. The van der Waals surface area contributed by atoms with Gasteiger partial charge in [0, 0.05) is 17.6 Å². The van der Waals surface area contributed by atoms with Crippen LogP contribution >= 0.6 is 43.2 Å². The zero-order valence-electron chi connectivity index (χ0n) is 11.1. The molecule has 3 heterocycles. The summed E-state index contributed by atoms with van der Waals surface area (Å²) in [5.74, 6) is 0.856. The first-order valence-corrected chi connectivity index (χ1v) is 9.01. The fraction of sp³-hybridized carbons (Fsp3) is 0.286. The minimum atomic E-state index is -0.123. The number of thiophene rings is 1. The third-order valence-electron chi connectivity index (χ3n) is 3.30. The summed E-state index contributed by atoms with van der Waals surface area (Å²) in [4.78, 5) is 19.5. The van der Waals surface area contributed by atoms with Crippen molar-refractivity contribution in [3.05, 3.63) is 37.5 Å². The molecule has 0 aliphatic carbocycles. The molecule has 2 aromatic rings. The van der Waals surface area contributed by atoms with Gasteiger partial charge in [-0.2, -0.15) is 0 Å². The van der Waals surface area contributed by atoms with E-state index in [1.54, 1.807) is 12.3 Å². The molecule has 1 N–H and O–H groups in total. The first-order chi connectivity index (χ1) is 10.1. The van der Waals surface area contributed by atoms with Crippen LogP contribution in [0.2, 0.25) is 0 Å². The number of amides is 1. The first-order valence-electron chi connectivity index (χ1n) is 6.60. The van der Waals surface area contributed by atoms with Crippen LogP contribution in [0.4, 0.5) is 11.5 Å². The average Bonchev–Trinajstić information content (AvgIpc) is 3.11. The van der Waals surface area contributed by atoms with E-state index in [9.17, 15) is 4.79 Å². The van der Waals surface area contributed by atoms with Gasteiger partial charge in [0.2, 0.25) is 0 Å². The number of anilines is 2. The van der Waals surface area contributed by atoms with Gasteiger partial charge in [0.15, 0.2) is 0 Å². The van der Waals surface area contributed by atoms with Crippen LogP contribution in [0.15, 0.2) is 32.7 Å². The van der Waals surface area contributed by atoms with Gasteiger partial charge in [-0.05, 0) is 62.9 Å². The molecule has 4 nitrogen and oxygen atoms in total. The highest BCUT2D eigenvalue weighted by molar-refractivity contribution is 9.13. The fourth-order valence-electron chi connectivity index (χ4n) is 2.24. The maximum Gasteiger partial charge on any atom is 0.265 e. The Kier molecular flexibility index (Phi) is 4.61. The molecule has 110 valence electrons. The molecule has 1 fully saturated rings. The molecule has 21 heavy (non-hydrogen) atoms. The van der Waals surface area contributed by atoms with Crippen LogP contribution in [-0.2, 0) is 0 Å². The van der Waals surface area contributed by atoms with Crippen LogP contribution in [0, 0.1) is 0 Å². The summed E-state index contributed by atoms with van der Waals surface area (Å²) in [6.07, 6.45) is 4.16. The van der Waals surface area contributed by atoms with Crippen LogP contribution < -0.4 is 10.2 Å². The Balaban J connectivity index is 1.68. The monoisotopic (exact) mass is 429 g/mol. The lowest BCUT2D eigenvalue weighted by Gasteiger charge is -2.16. The predicted molar refractivity (Wildman–Crippen MR) is 93.4 cm³/mol. The van der Waals surface area contributed by atoms with Crippen molar-refractivity contribution in [2.24, 2.45) is 0 Å². The van der Waals surface area contributed by atoms with Crippen molar-refractivity contribution in [3.63, 3.8) is 0 Å². The summed E-state index contributed by atoms with van der Waals surface area (Å²) in [6, 6.07) is 5.66. The minimum Gasteiger partial charge on any atom is -0.357 e. The molecule has 2 aromatic heterocycles. The maximum atomic E-state index is 12.1. The average molecular weight is 431 g/mol. The number of halogens is 2. The molecular weight excluding hydrogens is 418 g/mol.